The van der Waals surface area contributed by atoms with Crippen LogP contribution in [-0.4, -0.2) is 24.6 Å². The fourth-order valence-electron chi connectivity index (χ4n) is 1.59. The molecule has 2 N–H and O–H groups in total. The number of rotatable bonds is 7. The third-order valence-electron chi connectivity index (χ3n) is 2.66. The predicted molar refractivity (Wildman–Crippen MR) is 77.1 cm³/mol. The number of nitriles is 1. The van der Waals surface area contributed by atoms with Gasteiger partial charge in [-0.15, -0.1) is 0 Å². The molecule has 5 heteroatoms. The van der Waals surface area contributed by atoms with Crippen LogP contribution in [0.15, 0.2) is 24.3 Å². The van der Waals surface area contributed by atoms with Gasteiger partial charge in [-0.25, -0.2) is 0 Å². The van der Waals surface area contributed by atoms with Gasteiger partial charge in [0.1, 0.15) is 11.8 Å². The summed E-state index contributed by atoms with van der Waals surface area (Å²) in [6.07, 6.45) is 0. The molecule has 1 unspecified atom stereocenters. The van der Waals surface area contributed by atoms with Crippen LogP contribution in [0.25, 0.3) is 0 Å². The third-order valence-corrected chi connectivity index (χ3v) is 2.66. The predicted octanol–water partition coefficient (Wildman–Crippen LogP) is 1.59. The summed E-state index contributed by atoms with van der Waals surface area (Å²) in [4.78, 5) is 11.7. The Labute approximate surface area is 119 Å². The first kappa shape index (κ1) is 16.0. The van der Waals surface area contributed by atoms with Gasteiger partial charge in [0.2, 0.25) is 5.91 Å². The number of nitrogens with zero attached hydrogens (tertiary/aromatic N) is 1. The van der Waals surface area contributed by atoms with Crippen molar-refractivity contribution in [1.82, 2.24) is 10.6 Å². The number of amides is 1. The normalized spacial score (nSPS) is 11.8. The second-order valence-corrected chi connectivity index (χ2v) is 4.86. The first-order valence-electron chi connectivity index (χ1n) is 6.65. The zero-order valence-corrected chi connectivity index (χ0v) is 12.1. The average molecular weight is 275 g/mol. The molecular weight excluding hydrogens is 254 g/mol. The number of hydrogen-bond donors (Lipinski definition) is 2. The van der Waals surface area contributed by atoms with E-state index in [1.807, 2.05) is 51.1 Å². The largest absolute Gasteiger partial charge is 0.479 e. The van der Waals surface area contributed by atoms with Crippen molar-refractivity contribution in [2.24, 2.45) is 0 Å². The summed E-state index contributed by atoms with van der Waals surface area (Å²) in [6, 6.07) is 9.26. The standard InChI is InChI=1S/C15H21N3O2/c1-11(2)18-15(19)12(3)17-10-13-4-6-14(7-5-13)20-9-8-16/h4-7,11-12,17H,9-10H2,1-3H3,(H,18,19). The van der Waals surface area contributed by atoms with Crippen molar-refractivity contribution in [3.8, 4) is 11.8 Å². The van der Waals surface area contributed by atoms with Gasteiger partial charge < -0.3 is 15.4 Å². The van der Waals surface area contributed by atoms with E-state index < -0.39 is 0 Å². The summed E-state index contributed by atoms with van der Waals surface area (Å²) in [5.74, 6) is 0.662. The Morgan fingerprint density at radius 3 is 2.50 bits per heavy atom. The average Bonchev–Trinajstić information content (AvgIpc) is 2.42. The van der Waals surface area contributed by atoms with E-state index in [-0.39, 0.29) is 24.6 Å². The molecule has 1 aromatic rings. The number of hydrogen-bond acceptors (Lipinski definition) is 4. The van der Waals surface area contributed by atoms with E-state index in [0.29, 0.717) is 12.3 Å². The van der Waals surface area contributed by atoms with Crippen molar-refractivity contribution in [2.75, 3.05) is 6.61 Å². The Kier molecular flexibility index (Phi) is 6.54. The van der Waals surface area contributed by atoms with Crippen LogP contribution in [0.5, 0.6) is 5.75 Å². The molecule has 1 amide bonds. The lowest BCUT2D eigenvalue weighted by Gasteiger charge is -2.16. The van der Waals surface area contributed by atoms with E-state index in [0.717, 1.165) is 5.56 Å². The van der Waals surface area contributed by atoms with Crippen molar-refractivity contribution in [1.29, 1.82) is 5.26 Å². The molecular formula is C15H21N3O2. The first-order valence-corrected chi connectivity index (χ1v) is 6.65. The van der Waals surface area contributed by atoms with Crippen LogP contribution in [-0.2, 0) is 11.3 Å². The number of ether oxygens (including phenoxy) is 1. The van der Waals surface area contributed by atoms with Gasteiger partial charge in [0.15, 0.2) is 6.61 Å². The zero-order chi connectivity index (χ0) is 15.0. The number of benzene rings is 1. The lowest BCUT2D eigenvalue weighted by atomic mass is 10.2. The lowest BCUT2D eigenvalue weighted by Crippen LogP contribution is -2.44. The highest BCUT2D eigenvalue weighted by molar-refractivity contribution is 5.81. The van der Waals surface area contributed by atoms with Gasteiger partial charge in [0, 0.05) is 12.6 Å². The fraction of sp³-hybridized carbons (Fsp3) is 0.467. The van der Waals surface area contributed by atoms with Gasteiger partial charge in [0.05, 0.1) is 6.04 Å². The van der Waals surface area contributed by atoms with Gasteiger partial charge in [-0.2, -0.15) is 5.26 Å². The molecule has 1 aromatic carbocycles. The molecule has 0 saturated carbocycles. The molecule has 0 spiro atoms. The van der Waals surface area contributed by atoms with Crippen LogP contribution >= 0.6 is 0 Å². The van der Waals surface area contributed by atoms with Crippen LogP contribution in [0.4, 0.5) is 0 Å². The van der Waals surface area contributed by atoms with Crippen molar-refractivity contribution in [2.45, 2.75) is 39.4 Å². The van der Waals surface area contributed by atoms with E-state index in [9.17, 15) is 4.79 Å². The maximum atomic E-state index is 11.7. The van der Waals surface area contributed by atoms with Crippen LogP contribution in [0.2, 0.25) is 0 Å². The molecule has 20 heavy (non-hydrogen) atoms. The molecule has 0 heterocycles. The third kappa shape index (κ3) is 5.72. The van der Waals surface area contributed by atoms with Crippen molar-refractivity contribution in [3.05, 3.63) is 29.8 Å². The molecule has 0 fully saturated rings. The second kappa shape index (κ2) is 8.18. The van der Waals surface area contributed by atoms with Crippen molar-refractivity contribution in [3.63, 3.8) is 0 Å². The van der Waals surface area contributed by atoms with Gasteiger partial charge in [0.25, 0.3) is 0 Å². The summed E-state index contributed by atoms with van der Waals surface area (Å²) < 4.78 is 5.17. The molecule has 0 bridgehead atoms. The van der Waals surface area contributed by atoms with E-state index >= 15 is 0 Å². The molecule has 1 rings (SSSR count). The minimum absolute atomic E-state index is 0.00558. The van der Waals surface area contributed by atoms with Crippen LogP contribution in [0.3, 0.4) is 0 Å². The number of carbonyl (C=O) groups is 1. The quantitative estimate of drug-likeness (QED) is 0.792. The summed E-state index contributed by atoms with van der Waals surface area (Å²) in [7, 11) is 0. The highest BCUT2D eigenvalue weighted by atomic mass is 16.5. The van der Waals surface area contributed by atoms with E-state index in [1.54, 1.807) is 0 Å². The van der Waals surface area contributed by atoms with Gasteiger partial charge in [-0.05, 0) is 38.5 Å². The summed E-state index contributed by atoms with van der Waals surface area (Å²) in [6.45, 7) is 6.35. The Bertz CT molecular complexity index is 463. The monoisotopic (exact) mass is 275 g/mol. The Morgan fingerprint density at radius 2 is 1.95 bits per heavy atom. The van der Waals surface area contributed by atoms with E-state index in [1.165, 1.54) is 0 Å². The minimum Gasteiger partial charge on any atom is -0.479 e. The molecule has 0 radical (unpaired) electrons. The highest BCUT2D eigenvalue weighted by Gasteiger charge is 2.12. The molecule has 5 nitrogen and oxygen atoms in total. The van der Waals surface area contributed by atoms with Gasteiger partial charge in [-0.3, -0.25) is 4.79 Å². The van der Waals surface area contributed by atoms with Crippen molar-refractivity contribution < 1.29 is 9.53 Å². The number of carbonyl (C=O) groups excluding carboxylic acids is 1. The molecule has 0 aromatic heterocycles. The van der Waals surface area contributed by atoms with Crippen molar-refractivity contribution >= 4 is 5.91 Å². The maximum absolute atomic E-state index is 11.7. The molecule has 108 valence electrons. The SMILES string of the molecule is CC(C)NC(=O)C(C)NCc1ccc(OCC#N)cc1. The van der Waals surface area contributed by atoms with E-state index in [2.05, 4.69) is 10.6 Å². The Morgan fingerprint density at radius 1 is 1.30 bits per heavy atom. The molecule has 0 saturated heterocycles. The molecule has 0 aliphatic rings. The molecule has 1 atom stereocenters. The smallest absolute Gasteiger partial charge is 0.237 e. The first-order chi connectivity index (χ1) is 9.52. The van der Waals surface area contributed by atoms with Crippen LogP contribution < -0.4 is 15.4 Å². The molecule has 0 aliphatic carbocycles. The van der Waals surface area contributed by atoms with Gasteiger partial charge in [-0.1, -0.05) is 12.1 Å². The van der Waals surface area contributed by atoms with Gasteiger partial charge >= 0.3 is 0 Å². The summed E-state index contributed by atoms with van der Waals surface area (Å²) in [5.41, 5.74) is 1.05. The zero-order valence-electron chi connectivity index (χ0n) is 12.1. The highest BCUT2D eigenvalue weighted by Crippen LogP contribution is 2.11. The van der Waals surface area contributed by atoms with Crippen LogP contribution in [0, 0.1) is 11.3 Å². The summed E-state index contributed by atoms with van der Waals surface area (Å²) in [5, 5.41) is 14.4. The maximum Gasteiger partial charge on any atom is 0.237 e. The number of nitrogens with one attached hydrogen (secondary N) is 2. The lowest BCUT2D eigenvalue weighted by molar-refractivity contribution is -0.123. The Hall–Kier alpha value is -2.06. The minimum atomic E-state index is -0.244. The van der Waals surface area contributed by atoms with Crippen LogP contribution in [0.1, 0.15) is 26.3 Å². The second-order valence-electron chi connectivity index (χ2n) is 4.86. The fourth-order valence-corrected chi connectivity index (χ4v) is 1.59. The summed E-state index contributed by atoms with van der Waals surface area (Å²) >= 11 is 0. The topological polar surface area (TPSA) is 74.2 Å². The van der Waals surface area contributed by atoms with E-state index in [4.69, 9.17) is 10.00 Å². The Balaban J connectivity index is 2.41. The molecule has 0 aliphatic heterocycles.